The molecule has 0 spiro atoms. The van der Waals surface area contributed by atoms with Crippen LogP contribution < -0.4 is 14.8 Å². The molecule has 0 saturated carbocycles. The summed E-state index contributed by atoms with van der Waals surface area (Å²) >= 11 is 1.40. The van der Waals surface area contributed by atoms with Gasteiger partial charge in [0.05, 0.1) is 25.0 Å². The van der Waals surface area contributed by atoms with Crippen LogP contribution in [-0.4, -0.2) is 30.9 Å². The lowest BCUT2D eigenvalue weighted by Crippen LogP contribution is -2.14. The fraction of sp³-hybridized carbons (Fsp3) is 0.200. The number of aromatic nitrogens is 1. The molecular weight excluding hydrogens is 348 g/mol. The van der Waals surface area contributed by atoms with Crippen molar-refractivity contribution < 1.29 is 14.3 Å². The van der Waals surface area contributed by atoms with Crippen molar-refractivity contribution in [1.82, 2.24) is 4.98 Å². The first kappa shape index (κ1) is 18.1. The number of aryl methyl sites for hydroxylation is 1. The number of rotatable bonds is 6. The summed E-state index contributed by atoms with van der Waals surface area (Å²) in [6.45, 7) is 2.03. The Bertz CT molecular complexity index is 943. The monoisotopic (exact) mass is 368 g/mol. The number of fused-ring (bicyclic) bond motifs is 1. The highest BCUT2D eigenvalue weighted by Gasteiger charge is 2.10. The maximum atomic E-state index is 12.2. The zero-order valence-corrected chi connectivity index (χ0v) is 15.7. The topological polar surface area (TPSA) is 60.5 Å². The first-order valence-electron chi connectivity index (χ1n) is 8.12. The molecule has 0 atom stereocenters. The Hall–Kier alpha value is -2.73. The first-order chi connectivity index (χ1) is 12.6. The predicted molar refractivity (Wildman–Crippen MR) is 105 cm³/mol. The van der Waals surface area contributed by atoms with Crippen LogP contribution in [0.3, 0.4) is 0 Å². The van der Waals surface area contributed by atoms with Crippen molar-refractivity contribution in [3.63, 3.8) is 0 Å². The Morgan fingerprint density at radius 1 is 1.12 bits per heavy atom. The van der Waals surface area contributed by atoms with Gasteiger partial charge in [-0.1, -0.05) is 30.0 Å². The van der Waals surface area contributed by atoms with Gasteiger partial charge in [-0.2, -0.15) is 0 Å². The summed E-state index contributed by atoms with van der Waals surface area (Å²) in [4.78, 5) is 16.9. The van der Waals surface area contributed by atoms with E-state index in [2.05, 4.69) is 10.3 Å². The van der Waals surface area contributed by atoms with Gasteiger partial charge in [0.15, 0.2) is 0 Å². The molecule has 1 N–H and O–H groups in total. The molecule has 26 heavy (non-hydrogen) atoms. The van der Waals surface area contributed by atoms with E-state index in [9.17, 15) is 4.79 Å². The van der Waals surface area contributed by atoms with Crippen molar-refractivity contribution in [2.75, 3.05) is 25.3 Å². The number of hydrogen-bond donors (Lipinski definition) is 1. The van der Waals surface area contributed by atoms with Crippen LogP contribution in [0.15, 0.2) is 53.6 Å². The lowest BCUT2D eigenvalue weighted by molar-refractivity contribution is -0.113. The van der Waals surface area contributed by atoms with E-state index in [4.69, 9.17) is 9.47 Å². The molecule has 0 aliphatic carbocycles. The van der Waals surface area contributed by atoms with Gasteiger partial charge in [0.25, 0.3) is 0 Å². The predicted octanol–water partition coefficient (Wildman–Crippen LogP) is 4.29. The fourth-order valence-corrected chi connectivity index (χ4v) is 3.40. The average Bonchev–Trinajstić information content (AvgIpc) is 2.66. The third-order valence-electron chi connectivity index (χ3n) is 3.91. The minimum Gasteiger partial charge on any atom is -0.497 e. The highest BCUT2D eigenvalue weighted by atomic mass is 32.2. The fourth-order valence-electron chi connectivity index (χ4n) is 2.64. The van der Waals surface area contributed by atoms with Gasteiger partial charge in [0.2, 0.25) is 5.91 Å². The molecule has 1 amide bonds. The summed E-state index contributed by atoms with van der Waals surface area (Å²) in [5.41, 5.74) is 2.62. The van der Waals surface area contributed by atoms with Crippen molar-refractivity contribution in [3.8, 4) is 11.5 Å². The van der Waals surface area contributed by atoms with E-state index in [1.54, 1.807) is 20.3 Å². The summed E-state index contributed by atoms with van der Waals surface area (Å²) in [6.07, 6.45) is 0. The van der Waals surface area contributed by atoms with E-state index in [1.165, 1.54) is 11.8 Å². The minimum atomic E-state index is -0.0946. The van der Waals surface area contributed by atoms with E-state index in [1.807, 2.05) is 49.4 Å². The SMILES string of the molecule is COc1cccc(NC(=O)CSc2cc(C)c3cccc(OC)c3n2)c1. The maximum Gasteiger partial charge on any atom is 0.234 e. The van der Waals surface area contributed by atoms with E-state index in [-0.39, 0.29) is 11.7 Å². The van der Waals surface area contributed by atoms with Gasteiger partial charge < -0.3 is 14.8 Å². The van der Waals surface area contributed by atoms with Gasteiger partial charge in [-0.05, 0) is 36.8 Å². The smallest absolute Gasteiger partial charge is 0.234 e. The summed E-state index contributed by atoms with van der Waals surface area (Å²) in [6, 6.07) is 15.1. The van der Waals surface area contributed by atoms with Crippen LogP contribution in [0.1, 0.15) is 5.56 Å². The average molecular weight is 368 g/mol. The van der Waals surface area contributed by atoms with E-state index in [0.29, 0.717) is 11.4 Å². The van der Waals surface area contributed by atoms with Crippen LogP contribution in [0.25, 0.3) is 10.9 Å². The molecule has 3 rings (SSSR count). The number of carbonyl (C=O) groups excluding carboxylic acids is 1. The van der Waals surface area contributed by atoms with Gasteiger partial charge in [0.1, 0.15) is 17.0 Å². The number of nitrogens with one attached hydrogen (secondary N) is 1. The van der Waals surface area contributed by atoms with Crippen LogP contribution in [-0.2, 0) is 4.79 Å². The molecule has 134 valence electrons. The van der Waals surface area contributed by atoms with Gasteiger partial charge in [-0.15, -0.1) is 0 Å². The van der Waals surface area contributed by atoms with Crippen LogP contribution in [0.5, 0.6) is 11.5 Å². The van der Waals surface area contributed by atoms with Gasteiger partial charge in [0, 0.05) is 17.1 Å². The molecule has 6 heteroatoms. The molecule has 0 bridgehead atoms. The highest BCUT2D eigenvalue weighted by molar-refractivity contribution is 7.99. The van der Waals surface area contributed by atoms with Crippen LogP contribution in [0.2, 0.25) is 0 Å². The lowest BCUT2D eigenvalue weighted by Gasteiger charge is -2.10. The lowest BCUT2D eigenvalue weighted by atomic mass is 10.1. The molecule has 0 saturated heterocycles. The third-order valence-corrected chi connectivity index (χ3v) is 4.82. The number of pyridine rings is 1. The molecule has 0 aliphatic heterocycles. The van der Waals surface area contributed by atoms with E-state index < -0.39 is 0 Å². The van der Waals surface area contributed by atoms with Crippen molar-refractivity contribution in [2.45, 2.75) is 11.9 Å². The van der Waals surface area contributed by atoms with Crippen molar-refractivity contribution >= 4 is 34.3 Å². The number of hydrogen-bond acceptors (Lipinski definition) is 5. The number of para-hydroxylation sites is 1. The van der Waals surface area contributed by atoms with Gasteiger partial charge >= 0.3 is 0 Å². The first-order valence-corrected chi connectivity index (χ1v) is 9.10. The van der Waals surface area contributed by atoms with Crippen molar-refractivity contribution in [1.29, 1.82) is 0 Å². The zero-order chi connectivity index (χ0) is 18.5. The number of anilines is 1. The largest absolute Gasteiger partial charge is 0.497 e. The second-order valence-corrected chi connectivity index (χ2v) is 6.70. The van der Waals surface area contributed by atoms with E-state index >= 15 is 0 Å². The Morgan fingerprint density at radius 3 is 2.69 bits per heavy atom. The molecule has 3 aromatic rings. The van der Waals surface area contributed by atoms with Gasteiger partial charge in [-0.3, -0.25) is 4.79 Å². The Balaban J connectivity index is 1.71. The highest BCUT2D eigenvalue weighted by Crippen LogP contribution is 2.29. The minimum absolute atomic E-state index is 0.0946. The number of methoxy groups -OCH3 is 2. The Labute approximate surface area is 156 Å². The second kappa shape index (κ2) is 8.10. The normalized spacial score (nSPS) is 10.6. The number of nitrogens with zero attached hydrogens (tertiary/aromatic N) is 1. The Kier molecular flexibility index (Phi) is 5.63. The van der Waals surface area contributed by atoms with Crippen molar-refractivity contribution in [3.05, 3.63) is 54.1 Å². The maximum absolute atomic E-state index is 12.2. The summed E-state index contributed by atoms with van der Waals surface area (Å²) in [5.74, 6) is 1.61. The third kappa shape index (κ3) is 4.08. The molecule has 0 radical (unpaired) electrons. The molecular formula is C20H20N2O3S. The van der Waals surface area contributed by atoms with Gasteiger partial charge in [-0.25, -0.2) is 4.98 Å². The van der Waals surface area contributed by atoms with Crippen LogP contribution in [0.4, 0.5) is 5.69 Å². The zero-order valence-electron chi connectivity index (χ0n) is 14.9. The summed E-state index contributed by atoms with van der Waals surface area (Å²) in [7, 11) is 3.23. The molecule has 1 aromatic heterocycles. The van der Waals surface area contributed by atoms with Crippen LogP contribution in [0, 0.1) is 6.92 Å². The number of amides is 1. The molecule has 1 heterocycles. The van der Waals surface area contributed by atoms with Crippen LogP contribution >= 0.6 is 11.8 Å². The number of carbonyl (C=O) groups is 1. The molecule has 0 aliphatic rings. The summed E-state index contributed by atoms with van der Waals surface area (Å²) < 4.78 is 10.6. The number of thioether (sulfide) groups is 1. The molecule has 0 unspecified atom stereocenters. The van der Waals surface area contributed by atoms with E-state index in [0.717, 1.165) is 27.2 Å². The quantitative estimate of drug-likeness (QED) is 0.658. The number of benzene rings is 2. The number of ether oxygens (including phenoxy) is 2. The molecule has 0 fully saturated rings. The molecule has 2 aromatic carbocycles. The standard InChI is InChI=1S/C20H20N2O3S/c1-13-10-19(22-20-16(13)8-5-9-17(20)25-3)26-12-18(23)21-14-6-4-7-15(11-14)24-2/h4-11H,12H2,1-3H3,(H,21,23). The van der Waals surface area contributed by atoms with Crippen molar-refractivity contribution in [2.24, 2.45) is 0 Å². The Morgan fingerprint density at radius 2 is 1.92 bits per heavy atom. The molecule has 5 nitrogen and oxygen atoms in total. The second-order valence-electron chi connectivity index (χ2n) is 5.70. The summed E-state index contributed by atoms with van der Waals surface area (Å²) in [5, 5.41) is 4.71.